The van der Waals surface area contributed by atoms with Crippen LogP contribution in [0.2, 0.25) is 0 Å². The fourth-order valence-electron chi connectivity index (χ4n) is 5.31. The van der Waals surface area contributed by atoms with Crippen LogP contribution in [0.1, 0.15) is 50.3 Å². The summed E-state index contributed by atoms with van der Waals surface area (Å²) in [5.74, 6) is -1.25. The van der Waals surface area contributed by atoms with E-state index < -0.39 is 53.8 Å². The lowest BCUT2D eigenvalue weighted by Gasteiger charge is -2.45. The van der Waals surface area contributed by atoms with Gasteiger partial charge in [0.05, 0.1) is 11.1 Å². The van der Waals surface area contributed by atoms with Gasteiger partial charge in [0.25, 0.3) is 0 Å². The van der Waals surface area contributed by atoms with Crippen molar-refractivity contribution in [1.29, 1.82) is 0 Å². The highest BCUT2D eigenvalue weighted by molar-refractivity contribution is 5.78. The molecule has 226 valence electrons. The van der Waals surface area contributed by atoms with Gasteiger partial charge in [-0.2, -0.15) is 26.3 Å². The lowest BCUT2D eigenvalue weighted by Crippen LogP contribution is -2.57. The van der Waals surface area contributed by atoms with Crippen molar-refractivity contribution in [2.24, 2.45) is 11.8 Å². The zero-order valence-corrected chi connectivity index (χ0v) is 23.5. The Bertz CT molecular complexity index is 1200. The molecule has 0 N–H and O–H groups in total. The molecule has 0 saturated carbocycles. The molecule has 3 rings (SSSR count). The van der Waals surface area contributed by atoms with Gasteiger partial charge in [-0.3, -0.25) is 4.79 Å². The summed E-state index contributed by atoms with van der Waals surface area (Å²) in [6.07, 6.45) is -3.22. The molecular formula is C29H34F7N3O2. The molecule has 1 fully saturated rings. The van der Waals surface area contributed by atoms with Crippen molar-refractivity contribution in [3.8, 4) is 0 Å². The van der Waals surface area contributed by atoms with E-state index >= 15 is 0 Å². The maximum absolute atomic E-state index is 14.1. The minimum atomic E-state index is -5.01. The lowest BCUT2D eigenvalue weighted by atomic mass is 9.85. The minimum Gasteiger partial charge on any atom is -0.342 e. The lowest BCUT2D eigenvalue weighted by molar-refractivity contribution is -0.143. The summed E-state index contributed by atoms with van der Waals surface area (Å²) in [5.41, 5.74) is -2.62. The Morgan fingerprint density at radius 2 is 1.61 bits per heavy atom. The number of urea groups is 1. The zero-order chi connectivity index (χ0) is 30.9. The van der Waals surface area contributed by atoms with Gasteiger partial charge < -0.3 is 14.7 Å². The molecule has 1 unspecified atom stereocenters. The van der Waals surface area contributed by atoms with Gasteiger partial charge in [0.15, 0.2) is 0 Å². The highest BCUT2D eigenvalue weighted by atomic mass is 19.4. The molecule has 0 bridgehead atoms. The standard InChI is InChI=1S/C29H34F7N3O2/c1-17(2)26(40)38(5)24-8-9-39(25(15-24)20-6-7-23(30)11-18(3)10-20)27(41)37(4)16-19-12-21(28(31,32)33)14-22(13-19)29(34,35)36/h6-7,10-14,17,20,24-25H,8-9,15-16H2,1-5H3/t20?,24-,25+/m0/s1. The Kier molecular flexibility index (Phi) is 9.65. The summed E-state index contributed by atoms with van der Waals surface area (Å²) in [7, 11) is 2.99. The second kappa shape index (κ2) is 12.3. The Labute approximate surface area is 235 Å². The first kappa shape index (κ1) is 32.2. The van der Waals surface area contributed by atoms with E-state index in [2.05, 4.69) is 0 Å². The smallest absolute Gasteiger partial charge is 0.342 e. The zero-order valence-electron chi connectivity index (χ0n) is 23.5. The van der Waals surface area contributed by atoms with Gasteiger partial charge in [0, 0.05) is 51.1 Å². The van der Waals surface area contributed by atoms with Crippen LogP contribution in [-0.2, 0) is 23.7 Å². The number of halogens is 7. The van der Waals surface area contributed by atoms with Crippen molar-refractivity contribution in [3.05, 3.63) is 70.6 Å². The van der Waals surface area contributed by atoms with Crippen LogP contribution in [0.5, 0.6) is 0 Å². The van der Waals surface area contributed by atoms with Gasteiger partial charge in [-0.05, 0) is 55.7 Å². The number of hydrogen-bond donors (Lipinski definition) is 0. The van der Waals surface area contributed by atoms with E-state index in [-0.39, 0.29) is 36.0 Å². The predicted octanol–water partition coefficient (Wildman–Crippen LogP) is 7.21. The summed E-state index contributed by atoms with van der Waals surface area (Å²) >= 11 is 0. The molecule has 1 heterocycles. The topological polar surface area (TPSA) is 43.9 Å². The predicted molar refractivity (Wildman–Crippen MR) is 140 cm³/mol. The summed E-state index contributed by atoms with van der Waals surface area (Å²) < 4.78 is 94.2. The third-order valence-corrected chi connectivity index (χ3v) is 7.39. The number of likely N-dealkylation sites (tertiary alicyclic amines) is 1. The number of carbonyl (C=O) groups excluding carboxylic acids is 2. The quantitative estimate of drug-likeness (QED) is 0.341. The molecule has 2 aliphatic rings. The molecule has 3 amide bonds. The van der Waals surface area contributed by atoms with Crippen molar-refractivity contribution >= 4 is 11.9 Å². The molecule has 1 aliphatic heterocycles. The van der Waals surface area contributed by atoms with Gasteiger partial charge in [-0.25, -0.2) is 9.18 Å². The highest BCUT2D eigenvalue weighted by Gasteiger charge is 2.40. The Morgan fingerprint density at radius 3 is 2.15 bits per heavy atom. The molecule has 12 heteroatoms. The van der Waals surface area contributed by atoms with E-state index in [0.717, 1.165) is 4.90 Å². The first-order valence-corrected chi connectivity index (χ1v) is 13.2. The van der Waals surface area contributed by atoms with E-state index in [1.54, 1.807) is 44.9 Å². The number of alkyl halides is 6. The fourth-order valence-corrected chi connectivity index (χ4v) is 5.31. The third-order valence-electron chi connectivity index (χ3n) is 7.39. The van der Waals surface area contributed by atoms with Crippen LogP contribution in [0.4, 0.5) is 35.5 Å². The van der Waals surface area contributed by atoms with E-state index in [1.165, 1.54) is 24.1 Å². The average molecular weight is 590 g/mol. The molecule has 1 saturated heterocycles. The normalized spacial score (nSPS) is 21.8. The Morgan fingerprint density at radius 1 is 1.02 bits per heavy atom. The van der Waals surface area contributed by atoms with Crippen molar-refractivity contribution < 1.29 is 40.3 Å². The monoisotopic (exact) mass is 589 g/mol. The van der Waals surface area contributed by atoms with Crippen LogP contribution in [0, 0.1) is 11.8 Å². The van der Waals surface area contributed by atoms with Gasteiger partial charge in [-0.15, -0.1) is 0 Å². The molecule has 3 atom stereocenters. The number of allylic oxidation sites excluding steroid dienone is 4. The van der Waals surface area contributed by atoms with Crippen LogP contribution >= 0.6 is 0 Å². The van der Waals surface area contributed by atoms with Crippen molar-refractivity contribution in [2.75, 3.05) is 20.6 Å². The maximum Gasteiger partial charge on any atom is 0.416 e. The average Bonchev–Trinajstić information content (AvgIpc) is 3.05. The highest BCUT2D eigenvalue weighted by Crippen LogP contribution is 2.37. The second-order valence-corrected chi connectivity index (χ2v) is 11.0. The van der Waals surface area contributed by atoms with E-state index in [9.17, 15) is 40.3 Å². The molecule has 0 radical (unpaired) electrons. The van der Waals surface area contributed by atoms with E-state index in [4.69, 9.17) is 0 Å². The molecular weight excluding hydrogens is 555 g/mol. The van der Waals surface area contributed by atoms with E-state index in [1.807, 2.05) is 0 Å². The van der Waals surface area contributed by atoms with Crippen LogP contribution in [0.25, 0.3) is 0 Å². The first-order valence-electron chi connectivity index (χ1n) is 13.2. The Balaban J connectivity index is 1.92. The van der Waals surface area contributed by atoms with Crippen molar-refractivity contribution in [1.82, 2.24) is 14.7 Å². The summed E-state index contributed by atoms with van der Waals surface area (Å²) in [4.78, 5) is 30.6. The minimum absolute atomic E-state index is 0.0430. The van der Waals surface area contributed by atoms with E-state index in [0.29, 0.717) is 30.5 Å². The number of amides is 3. The number of nitrogens with zero attached hydrogens (tertiary/aromatic N) is 3. The van der Waals surface area contributed by atoms with Crippen LogP contribution < -0.4 is 0 Å². The molecule has 0 spiro atoms. The summed E-state index contributed by atoms with van der Waals surface area (Å²) in [6, 6.07) is -0.141. The third kappa shape index (κ3) is 7.91. The fraction of sp³-hybridized carbons (Fsp3) is 0.517. The van der Waals surface area contributed by atoms with Crippen molar-refractivity contribution in [2.45, 2.75) is 64.6 Å². The largest absolute Gasteiger partial charge is 0.416 e. The number of carbonyl (C=O) groups is 2. The summed E-state index contributed by atoms with van der Waals surface area (Å²) in [5, 5.41) is 0. The molecule has 5 nitrogen and oxygen atoms in total. The first-order chi connectivity index (χ1) is 18.9. The van der Waals surface area contributed by atoms with Crippen LogP contribution in [-0.4, -0.2) is 59.4 Å². The van der Waals surface area contributed by atoms with Crippen LogP contribution in [0.15, 0.2) is 53.9 Å². The SMILES string of the molecule is CC1=CC([C@H]2C[C@@H](N(C)C(=O)C(C)C)CCN2C(=O)N(C)Cc2cc(C(F)(F)F)cc(C(F)(F)F)c2)C=CC(F)=C1. The van der Waals surface area contributed by atoms with Gasteiger partial charge >= 0.3 is 18.4 Å². The van der Waals surface area contributed by atoms with Gasteiger partial charge in [-0.1, -0.05) is 31.6 Å². The maximum atomic E-state index is 14.1. The number of hydrogen-bond acceptors (Lipinski definition) is 2. The molecule has 1 aromatic rings. The Hall–Kier alpha value is -3.31. The molecule has 0 aromatic heterocycles. The van der Waals surface area contributed by atoms with Gasteiger partial charge in [0.1, 0.15) is 5.83 Å². The molecule has 41 heavy (non-hydrogen) atoms. The molecule has 1 aromatic carbocycles. The van der Waals surface area contributed by atoms with Crippen molar-refractivity contribution in [3.63, 3.8) is 0 Å². The number of rotatable bonds is 5. The van der Waals surface area contributed by atoms with Crippen LogP contribution in [0.3, 0.4) is 0 Å². The number of benzene rings is 1. The number of piperidine rings is 1. The second-order valence-electron chi connectivity index (χ2n) is 11.0. The molecule has 1 aliphatic carbocycles. The summed E-state index contributed by atoms with van der Waals surface area (Å²) in [6.45, 7) is 4.93. The van der Waals surface area contributed by atoms with Gasteiger partial charge in [0.2, 0.25) is 5.91 Å².